The number of unbranched alkanes of at least 4 members (excludes halogenated alkanes) is 6. The summed E-state index contributed by atoms with van der Waals surface area (Å²) in [7, 11) is 0. The zero-order chi connectivity index (χ0) is 15.7. The van der Waals surface area contributed by atoms with Crippen molar-refractivity contribution in [3.63, 3.8) is 0 Å². The molecule has 0 aromatic carbocycles. The molecule has 0 atom stereocenters. The number of carbonyl (C=O) groups is 1. The molecule has 0 unspecified atom stereocenters. The summed E-state index contributed by atoms with van der Waals surface area (Å²) in [5, 5.41) is 0. The van der Waals surface area contributed by atoms with Crippen molar-refractivity contribution in [2.75, 3.05) is 0 Å². The molecule has 1 aromatic rings. The Hall–Kier alpha value is -1.39. The molecule has 0 saturated heterocycles. The minimum Gasteiger partial charge on any atom is -0.292 e. The van der Waals surface area contributed by atoms with E-state index in [0.29, 0.717) is 6.42 Å². The van der Waals surface area contributed by atoms with Crippen LogP contribution in [0.2, 0.25) is 0 Å². The first-order valence-corrected chi connectivity index (χ1v) is 7.51. The van der Waals surface area contributed by atoms with Crippen LogP contribution in [0.5, 0.6) is 0 Å². The number of nitrogens with zero attached hydrogens (tertiary/aromatic N) is 1. The molecule has 0 N–H and O–H groups in total. The first-order valence-electron chi connectivity index (χ1n) is 7.51. The van der Waals surface area contributed by atoms with Gasteiger partial charge in [-0.15, -0.1) is 0 Å². The quantitative estimate of drug-likeness (QED) is 0.450. The lowest BCUT2D eigenvalue weighted by Gasteiger charge is -2.06. The summed E-state index contributed by atoms with van der Waals surface area (Å²) in [4.78, 5) is 15.4. The van der Waals surface area contributed by atoms with Crippen molar-refractivity contribution in [1.82, 2.24) is 4.98 Å². The highest BCUT2D eigenvalue weighted by molar-refractivity contribution is 5.94. The average Bonchev–Trinajstić information content (AvgIpc) is 2.45. The summed E-state index contributed by atoms with van der Waals surface area (Å²) in [6.45, 7) is 2.16. The van der Waals surface area contributed by atoms with Crippen molar-refractivity contribution in [2.45, 2.75) is 64.5 Å². The van der Waals surface area contributed by atoms with E-state index in [0.717, 1.165) is 37.6 Å². The number of aromatic nitrogens is 1. The third kappa shape index (κ3) is 6.74. The number of carbonyl (C=O) groups excluding carboxylic acids is 1. The van der Waals surface area contributed by atoms with Gasteiger partial charge in [-0.25, -0.2) is 0 Å². The van der Waals surface area contributed by atoms with Crippen LogP contribution in [-0.2, 0) is 6.18 Å². The Labute approximate surface area is 123 Å². The van der Waals surface area contributed by atoms with E-state index in [1.807, 2.05) is 0 Å². The Kier molecular flexibility index (Phi) is 7.40. The molecule has 1 rings (SSSR count). The van der Waals surface area contributed by atoms with E-state index in [1.54, 1.807) is 0 Å². The number of hydrogen-bond donors (Lipinski definition) is 0. The Morgan fingerprint density at radius 2 is 1.67 bits per heavy atom. The first-order chi connectivity index (χ1) is 9.95. The second-order valence-electron chi connectivity index (χ2n) is 5.22. The molecule has 0 amide bonds. The van der Waals surface area contributed by atoms with Crippen molar-refractivity contribution >= 4 is 5.78 Å². The fraction of sp³-hybridized carbons (Fsp3) is 0.625. The van der Waals surface area contributed by atoms with E-state index in [1.165, 1.54) is 25.7 Å². The van der Waals surface area contributed by atoms with E-state index < -0.39 is 11.7 Å². The van der Waals surface area contributed by atoms with E-state index in [4.69, 9.17) is 0 Å². The van der Waals surface area contributed by atoms with Gasteiger partial charge in [-0.3, -0.25) is 9.78 Å². The minimum atomic E-state index is -4.41. The Morgan fingerprint density at radius 3 is 2.19 bits per heavy atom. The van der Waals surface area contributed by atoms with Gasteiger partial charge in [-0.05, 0) is 18.6 Å². The monoisotopic (exact) mass is 301 g/mol. The highest BCUT2D eigenvalue weighted by Crippen LogP contribution is 2.28. The normalized spacial score (nSPS) is 11.6. The third-order valence-corrected chi connectivity index (χ3v) is 3.38. The second-order valence-corrected chi connectivity index (χ2v) is 5.22. The van der Waals surface area contributed by atoms with Crippen molar-refractivity contribution in [2.24, 2.45) is 0 Å². The molecule has 118 valence electrons. The first kappa shape index (κ1) is 17.7. The van der Waals surface area contributed by atoms with Gasteiger partial charge in [0.1, 0.15) is 5.69 Å². The molecule has 0 radical (unpaired) electrons. The van der Waals surface area contributed by atoms with Gasteiger partial charge >= 0.3 is 6.18 Å². The molecule has 0 aliphatic heterocycles. The zero-order valence-electron chi connectivity index (χ0n) is 12.4. The van der Waals surface area contributed by atoms with E-state index in [2.05, 4.69) is 11.9 Å². The Bertz CT molecular complexity index is 426. The van der Waals surface area contributed by atoms with Crippen molar-refractivity contribution in [3.05, 3.63) is 29.6 Å². The van der Waals surface area contributed by atoms with Gasteiger partial charge in [0.2, 0.25) is 0 Å². The molecule has 0 spiro atoms. The molecule has 0 fully saturated rings. The minimum absolute atomic E-state index is 0.119. The molecule has 1 heterocycles. The number of alkyl halides is 3. The van der Waals surface area contributed by atoms with Gasteiger partial charge in [0.15, 0.2) is 5.78 Å². The fourth-order valence-electron chi connectivity index (χ4n) is 2.10. The van der Waals surface area contributed by atoms with Crippen LogP contribution in [0.3, 0.4) is 0 Å². The third-order valence-electron chi connectivity index (χ3n) is 3.38. The molecule has 0 aliphatic carbocycles. The topological polar surface area (TPSA) is 30.0 Å². The SMILES string of the molecule is CCCCCCCCCC(=O)c1ccc(C(F)(F)F)cn1. The number of hydrogen-bond acceptors (Lipinski definition) is 2. The number of rotatable bonds is 9. The molecule has 0 aliphatic rings. The number of Topliss-reactive ketones (excluding diaryl/α,β-unsaturated/α-hetero) is 1. The second kappa shape index (κ2) is 8.80. The number of halogens is 3. The highest BCUT2D eigenvalue weighted by atomic mass is 19.4. The van der Waals surface area contributed by atoms with E-state index >= 15 is 0 Å². The smallest absolute Gasteiger partial charge is 0.292 e. The summed E-state index contributed by atoms with van der Waals surface area (Å²) >= 11 is 0. The van der Waals surface area contributed by atoms with E-state index in [-0.39, 0.29) is 11.5 Å². The lowest BCUT2D eigenvalue weighted by Crippen LogP contribution is -2.08. The maximum absolute atomic E-state index is 12.4. The summed E-state index contributed by atoms with van der Waals surface area (Å²) in [5.41, 5.74) is -0.705. The van der Waals surface area contributed by atoms with Crippen LogP contribution < -0.4 is 0 Å². The maximum Gasteiger partial charge on any atom is 0.417 e. The van der Waals surface area contributed by atoms with Gasteiger partial charge in [-0.1, -0.05) is 45.4 Å². The summed E-state index contributed by atoms with van der Waals surface area (Å²) in [6.07, 6.45) is 4.38. The predicted molar refractivity (Wildman–Crippen MR) is 76.2 cm³/mol. The molecule has 1 aromatic heterocycles. The largest absolute Gasteiger partial charge is 0.417 e. The van der Waals surface area contributed by atoms with Crippen LogP contribution >= 0.6 is 0 Å². The molecule has 0 saturated carbocycles. The van der Waals surface area contributed by atoms with Gasteiger partial charge in [-0.2, -0.15) is 13.2 Å². The van der Waals surface area contributed by atoms with Crippen LogP contribution in [0.15, 0.2) is 18.3 Å². The van der Waals surface area contributed by atoms with Crippen LogP contribution in [-0.4, -0.2) is 10.8 Å². The zero-order valence-corrected chi connectivity index (χ0v) is 12.4. The molecule has 2 nitrogen and oxygen atoms in total. The van der Waals surface area contributed by atoms with Crippen LogP contribution in [0, 0.1) is 0 Å². The Balaban J connectivity index is 2.29. The summed E-state index contributed by atoms with van der Waals surface area (Å²) in [5.74, 6) is -0.183. The Morgan fingerprint density at radius 1 is 1.05 bits per heavy atom. The van der Waals surface area contributed by atoms with Gasteiger partial charge in [0, 0.05) is 12.6 Å². The average molecular weight is 301 g/mol. The number of ketones is 1. The number of pyridine rings is 1. The van der Waals surface area contributed by atoms with Gasteiger partial charge in [0.05, 0.1) is 5.56 Å². The van der Waals surface area contributed by atoms with Crippen molar-refractivity contribution in [3.8, 4) is 0 Å². The molecule has 0 bridgehead atoms. The standard InChI is InChI=1S/C16H22F3NO/c1-2-3-4-5-6-7-8-9-15(21)14-11-10-13(12-20-14)16(17,18)19/h10-12H,2-9H2,1H3. The lowest BCUT2D eigenvalue weighted by atomic mass is 10.1. The van der Waals surface area contributed by atoms with Gasteiger partial charge < -0.3 is 0 Å². The molecule has 21 heavy (non-hydrogen) atoms. The highest BCUT2D eigenvalue weighted by Gasteiger charge is 2.30. The predicted octanol–water partition coefficient (Wildman–Crippen LogP) is 5.42. The summed E-state index contributed by atoms with van der Waals surface area (Å²) < 4.78 is 37.1. The van der Waals surface area contributed by atoms with Crippen LogP contribution in [0.25, 0.3) is 0 Å². The van der Waals surface area contributed by atoms with Crippen LogP contribution in [0.4, 0.5) is 13.2 Å². The summed E-state index contributed by atoms with van der Waals surface area (Å²) in [6, 6.07) is 2.07. The molecule has 5 heteroatoms. The molecular formula is C16H22F3NO. The fourth-order valence-corrected chi connectivity index (χ4v) is 2.10. The van der Waals surface area contributed by atoms with Crippen LogP contribution in [0.1, 0.15) is 74.3 Å². The van der Waals surface area contributed by atoms with E-state index in [9.17, 15) is 18.0 Å². The van der Waals surface area contributed by atoms with Crippen molar-refractivity contribution in [1.29, 1.82) is 0 Å². The van der Waals surface area contributed by atoms with Gasteiger partial charge in [0.25, 0.3) is 0 Å². The molecular weight excluding hydrogens is 279 g/mol. The maximum atomic E-state index is 12.4. The lowest BCUT2D eigenvalue weighted by molar-refractivity contribution is -0.137. The van der Waals surface area contributed by atoms with Crippen molar-refractivity contribution < 1.29 is 18.0 Å².